The van der Waals surface area contributed by atoms with Crippen LogP contribution in [0, 0.1) is 0 Å². The molecule has 1 heterocycles. The second-order valence-electron chi connectivity index (χ2n) is 5.21. The molecule has 0 spiro atoms. The normalized spacial score (nSPS) is 10.3. The zero-order chi connectivity index (χ0) is 16.7. The molecule has 122 valence electrons. The van der Waals surface area contributed by atoms with E-state index in [1.165, 1.54) is 11.3 Å². The first-order chi connectivity index (χ1) is 11.1. The van der Waals surface area contributed by atoms with Crippen molar-refractivity contribution in [3.8, 4) is 0 Å². The van der Waals surface area contributed by atoms with Crippen LogP contribution in [0.4, 0.5) is 0 Å². The van der Waals surface area contributed by atoms with Crippen LogP contribution in [0.25, 0.3) is 0 Å². The van der Waals surface area contributed by atoms with Crippen LogP contribution in [0.2, 0.25) is 5.02 Å². The largest absolute Gasteiger partial charge is 0.351 e. The fourth-order valence-corrected chi connectivity index (χ4v) is 2.85. The van der Waals surface area contributed by atoms with E-state index in [1.807, 2.05) is 35.7 Å². The average molecular weight is 351 g/mol. The van der Waals surface area contributed by atoms with Crippen molar-refractivity contribution in [3.63, 3.8) is 0 Å². The molecule has 0 aliphatic heterocycles. The quantitative estimate of drug-likeness (QED) is 0.776. The lowest BCUT2D eigenvalue weighted by Crippen LogP contribution is -2.28. The predicted octanol–water partition coefficient (Wildman–Crippen LogP) is 3.57. The number of benzene rings is 1. The van der Waals surface area contributed by atoms with Crippen LogP contribution in [0.5, 0.6) is 0 Å². The van der Waals surface area contributed by atoms with Gasteiger partial charge in [0.25, 0.3) is 5.91 Å². The molecular weight excluding hydrogens is 332 g/mol. The summed E-state index contributed by atoms with van der Waals surface area (Å²) in [6.07, 6.45) is 1.04. The van der Waals surface area contributed by atoms with Crippen LogP contribution in [0.15, 0.2) is 41.8 Å². The van der Waals surface area contributed by atoms with Crippen LogP contribution in [0.1, 0.15) is 28.1 Å². The zero-order valence-corrected chi connectivity index (χ0v) is 14.5. The summed E-state index contributed by atoms with van der Waals surface area (Å²) in [7, 11) is 1.78. The van der Waals surface area contributed by atoms with Gasteiger partial charge in [-0.05, 0) is 35.6 Å². The molecule has 0 aliphatic rings. The minimum atomic E-state index is -0.0815. The highest BCUT2D eigenvalue weighted by atomic mass is 35.5. The molecule has 0 saturated heterocycles. The predicted molar refractivity (Wildman–Crippen MR) is 93.8 cm³/mol. The van der Waals surface area contributed by atoms with E-state index in [-0.39, 0.29) is 11.8 Å². The molecule has 1 aromatic heterocycles. The molecule has 6 heteroatoms. The summed E-state index contributed by atoms with van der Waals surface area (Å²) in [5, 5.41) is 5.37. The molecular formula is C17H19ClN2O2S. The number of thiophene rings is 1. The molecule has 2 aromatic rings. The maximum atomic E-state index is 12.1. The van der Waals surface area contributed by atoms with Gasteiger partial charge in [-0.3, -0.25) is 9.59 Å². The number of nitrogens with zero attached hydrogens (tertiary/aromatic N) is 1. The Kier molecular flexibility index (Phi) is 6.62. The molecule has 0 atom stereocenters. The molecule has 2 rings (SSSR count). The summed E-state index contributed by atoms with van der Waals surface area (Å²) in [5.41, 5.74) is 1.04. The molecule has 4 nitrogen and oxygen atoms in total. The third-order valence-corrected chi connectivity index (χ3v) is 4.48. The van der Waals surface area contributed by atoms with Crippen molar-refractivity contribution in [2.75, 3.05) is 13.6 Å². The van der Waals surface area contributed by atoms with E-state index in [0.717, 1.165) is 5.56 Å². The highest BCUT2D eigenvalue weighted by Crippen LogP contribution is 2.11. The Morgan fingerprint density at radius 3 is 2.61 bits per heavy atom. The molecule has 0 radical (unpaired) electrons. The van der Waals surface area contributed by atoms with Gasteiger partial charge in [0.15, 0.2) is 0 Å². The maximum Gasteiger partial charge on any atom is 0.261 e. The Morgan fingerprint density at radius 1 is 1.22 bits per heavy atom. The standard InChI is InChI=1S/C17H19ClN2O2S/c1-20(12-13-6-8-14(18)9-7-13)16(21)5-2-10-19-17(22)15-4-3-11-23-15/h3-4,6-9,11H,2,5,10,12H2,1H3,(H,19,22). The molecule has 0 aliphatic carbocycles. The van der Waals surface area contributed by atoms with Crippen LogP contribution >= 0.6 is 22.9 Å². The fourth-order valence-electron chi connectivity index (χ4n) is 2.08. The van der Waals surface area contributed by atoms with E-state index in [9.17, 15) is 9.59 Å². The third kappa shape index (κ3) is 5.69. The summed E-state index contributed by atoms with van der Waals surface area (Å²) in [6.45, 7) is 1.05. The van der Waals surface area contributed by atoms with Gasteiger partial charge in [-0.25, -0.2) is 0 Å². The molecule has 0 bridgehead atoms. The first kappa shape index (κ1) is 17.5. The van der Waals surface area contributed by atoms with E-state index < -0.39 is 0 Å². The number of carbonyl (C=O) groups is 2. The fraction of sp³-hybridized carbons (Fsp3) is 0.294. The monoisotopic (exact) mass is 350 g/mol. The molecule has 23 heavy (non-hydrogen) atoms. The molecule has 1 N–H and O–H groups in total. The zero-order valence-electron chi connectivity index (χ0n) is 12.9. The Morgan fingerprint density at radius 2 is 1.96 bits per heavy atom. The summed E-state index contributed by atoms with van der Waals surface area (Å²) in [4.78, 5) is 26.2. The lowest BCUT2D eigenvalue weighted by molar-refractivity contribution is -0.130. The van der Waals surface area contributed by atoms with Crippen molar-refractivity contribution in [1.29, 1.82) is 0 Å². The maximum absolute atomic E-state index is 12.1. The Labute approximate surface area is 145 Å². The lowest BCUT2D eigenvalue weighted by atomic mass is 10.2. The highest BCUT2D eigenvalue weighted by Gasteiger charge is 2.10. The average Bonchev–Trinajstić information content (AvgIpc) is 3.07. The third-order valence-electron chi connectivity index (χ3n) is 3.36. The number of hydrogen-bond donors (Lipinski definition) is 1. The number of carbonyl (C=O) groups excluding carboxylic acids is 2. The van der Waals surface area contributed by atoms with Crippen LogP contribution < -0.4 is 5.32 Å². The van der Waals surface area contributed by atoms with Gasteiger partial charge in [0.1, 0.15) is 0 Å². The highest BCUT2D eigenvalue weighted by molar-refractivity contribution is 7.12. The molecule has 1 aromatic carbocycles. The van der Waals surface area contributed by atoms with Gasteiger partial charge in [0.2, 0.25) is 5.91 Å². The smallest absolute Gasteiger partial charge is 0.261 e. The number of amides is 2. The van der Waals surface area contributed by atoms with Crippen LogP contribution in [-0.2, 0) is 11.3 Å². The van der Waals surface area contributed by atoms with Gasteiger partial charge in [-0.15, -0.1) is 11.3 Å². The van der Waals surface area contributed by atoms with Crippen LogP contribution in [0.3, 0.4) is 0 Å². The first-order valence-electron chi connectivity index (χ1n) is 7.36. The number of halogens is 1. The SMILES string of the molecule is CN(Cc1ccc(Cl)cc1)C(=O)CCCNC(=O)c1cccs1. The van der Waals surface area contributed by atoms with Crippen LogP contribution in [-0.4, -0.2) is 30.3 Å². The molecule has 0 fully saturated rings. The Balaban J connectivity index is 1.67. The van der Waals surface area contributed by atoms with E-state index in [2.05, 4.69) is 5.32 Å². The Bertz CT molecular complexity index is 641. The van der Waals surface area contributed by atoms with E-state index >= 15 is 0 Å². The molecule has 0 saturated carbocycles. The van der Waals surface area contributed by atoms with Crippen molar-refractivity contribution in [2.24, 2.45) is 0 Å². The minimum absolute atomic E-state index is 0.0605. The van der Waals surface area contributed by atoms with Gasteiger partial charge in [-0.1, -0.05) is 29.8 Å². The second-order valence-corrected chi connectivity index (χ2v) is 6.60. The van der Waals surface area contributed by atoms with Crippen molar-refractivity contribution < 1.29 is 9.59 Å². The van der Waals surface area contributed by atoms with Crippen molar-refractivity contribution >= 4 is 34.8 Å². The summed E-state index contributed by atoms with van der Waals surface area (Å²) in [5.74, 6) is -0.0210. The summed E-state index contributed by atoms with van der Waals surface area (Å²) in [6, 6.07) is 11.1. The van der Waals surface area contributed by atoms with Crippen molar-refractivity contribution in [2.45, 2.75) is 19.4 Å². The van der Waals surface area contributed by atoms with Crippen molar-refractivity contribution in [1.82, 2.24) is 10.2 Å². The van der Waals surface area contributed by atoms with Gasteiger partial charge in [0.05, 0.1) is 4.88 Å². The van der Waals surface area contributed by atoms with Gasteiger partial charge < -0.3 is 10.2 Å². The minimum Gasteiger partial charge on any atom is -0.351 e. The van der Waals surface area contributed by atoms with Gasteiger partial charge in [-0.2, -0.15) is 0 Å². The van der Waals surface area contributed by atoms with Gasteiger partial charge >= 0.3 is 0 Å². The summed E-state index contributed by atoms with van der Waals surface area (Å²) < 4.78 is 0. The number of rotatable bonds is 7. The summed E-state index contributed by atoms with van der Waals surface area (Å²) >= 11 is 7.25. The molecule has 0 unspecified atom stereocenters. The topological polar surface area (TPSA) is 49.4 Å². The number of hydrogen-bond acceptors (Lipinski definition) is 3. The van der Waals surface area contributed by atoms with Crippen molar-refractivity contribution in [3.05, 3.63) is 57.2 Å². The first-order valence-corrected chi connectivity index (χ1v) is 8.62. The van der Waals surface area contributed by atoms with E-state index in [0.29, 0.717) is 35.8 Å². The Hall–Kier alpha value is -1.85. The second kappa shape index (κ2) is 8.70. The lowest BCUT2D eigenvalue weighted by Gasteiger charge is -2.17. The molecule has 2 amide bonds. The number of nitrogens with one attached hydrogen (secondary N) is 1. The van der Waals surface area contributed by atoms with E-state index in [4.69, 9.17) is 11.6 Å². The van der Waals surface area contributed by atoms with Gasteiger partial charge in [0, 0.05) is 31.6 Å². The van der Waals surface area contributed by atoms with E-state index in [1.54, 1.807) is 18.0 Å².